The Morgan fingerprint density at radius 2 is 1.97 bits per heavy atom. The largest absolute Gasteiger partial charge is 0.310 e. The van der Waals surface area contributed by atoms with Crippen LogP contribution in [0.15, 0.2) is 29.5 Å². The predicted molar refractivity (Wildman–Crippen MR) is 106 cm³/mol. The van der Waals surface area contributed by atoms with Crippen molar-refractivity contribution in [1.82, 2.24) is 29.5 Å². The second-order valence-electron chi connectivity index (χ2n) is 8.04. The zero-order chi connectivity index (χ0) is 19.3. The molecule has 1 N–H and O–H groups in total. The summed E-state index contributed by atoms with van der Waals surface area (Å²) in [5.74, 6) is -1.39. The lowest BCUT2D eigenvalue weighted by Gasteiger charge is -2.35. The van der Waals surface area contributed by atoms with Crippen LogP contribution in [0.25, 0.3) is 11.0 Å². The minimum absolute atomic E-state index is 0. The zero-order valence-corrected chi connectivity index (χ0v) is 16.6. The third kappa shape index (κ3) is 3.68. The highest BCUT2D eigenvalue weighted by Gasteiger charge is 2.37. The molecule has 2 aliphatic rings. The third-order valence-corrected chi connectivity index (χ3v) is 6.26. The number of aromatic amines is 1. The molecule has 156 valence electrons. The van der Waals surface area contributed by atoms with Crippen LogP contribution in [0.1, 0.15) is 56.3 Å². The van der Waals surface area contributed by atoms with Gasteiger partial charge in [-0.05, 0) is 37.7 Å². The lowest BCUT2D eigenvalue weighted by atomic mass is 9.73. The molecule has 7 nitrogen and oxygen atoms in total. The SMILES string of the molecule is Cl.O=c1[nH]c([C@@H]2CC[C@H]2Cn2cccn2)nc2c1cnn2C1CCC(F)(F)CC1. The summed E-state index contributed by atoms with van der Waals surface area (Å²) in [6.45, 7) is 0.788. The van der Waals surface area contributed by atoms with E-state index < -0.39 is 5.92 Å². The van der Waals surface area contributed by atoms with Crippen LogP contribution in [0.5, 0.6) is 0 Å². The second-order valence-corrected chi connectivity index (χ2v) is 8.04. The van der Waals surface area contributed by atoms with Gasteiger partial charge in [0.15, 0.2) is 5.65 Å². The van der Waals surface area contributed by atoms with Gasteiger partial charge >= 0.3 is 0 Å². The molecule has 0 spiro atoms. The van der Waals surface area contributed by atoms with Crippen molar-refractivity contribution in [3.63, 3.8) is 0 Å². The summed E-state index contributed by atoms with van der Waals surface area (Å²) in [7, 11) is 0. The van der Waals surface area contributed by atoms with E-state index in [1.165, 1.54) is 6.20 Å². The maximum Gasteiger partial charge on any atom is 0.262 e. The lowest BCUT2D eigenvalue weighted by Crippen LogP contribution is -2.31. The van der Waals surface area contributed by atoms with Gasteiger partial charge in [0.1, 0.15) is 11.2 Å². The summed E-state index contributed by atoms with van der Waals surface area (Å²) >= 11 is 0. The number of halogens is 3. The Kier molecular flexibility index (Phi) is 5.18. The first kappa shape index (κ1) is 20.0. The molecule has 2 atom stereocenters. The molecule has 2 saturated carbocycles. The Balaban J connectivity index is 0.00000205. The van der Waals surface area contributed by atoms with E-state index in [2.05, 4.69) is 15.2 Å². The molecule has 0 saturated heterocycles. The van der Waals surface area contributed by atoms with E-state index in [1.54, 1.807) is 10.9 Å². The molecule has 10 heteroatoms. The Morgan fingerprint density at radius 1 is 1.17 bits per heavy atom. The molecule has 3 aromatic heterocycles. The summed E-state index contributed by atoms with van der Waals surface area (Å²) in [6.07, 6.45) is 7.60. The van der Waals surface area contributed by atoms with Crippen LogP contribution in [0, 0.1) is 5.92 Å². The van der Waals surface area contributed by atoms with Crippen LogP contribution in [0.2, 0.25) is 0 Å². The average molecular weight is 425 g/mol. The second kappa shape index (κ2) is 7.51. The number of aromatic nitrogens is 6. The highest BCUT2D eigenvalue weighted by atomic mass is 35.5. The van der Waals surface area contributed by atoms with E-state index in [-0.39, 0.29) is 42.8 Å². The van der Waals surface area contributed by atoms with E-state index in [0.717, 1.165) is 19.4 Å². The van der Waals surface area contributed by atoms with Crippen molar-refractivity contribution in [1.29, 1.82) is 0 Å². The normalized spacial score (nSPS) is 24.2. The van der Waals surface area contributed by atoms with Gasteiger partial charge in [0, 0.05) is 37.7 Å². The highest BCUT2D eigenvalue weighted by Crippen LogP contribution is 2.42. The summed E-state index contributed by atoms with van der Waals surface area (Å²) in [6, 6.07) is 1.76. The predicted octanol–water partition coefficient (Wildman–Crippen LogP) is 3.68. The van der Waals surface area contributed by atoms with Gasteiger partial charge in [-0.2, -0.15) is 10.2 Å². The van der Waals surface area contributed by atoms with Crippen molar-refractivity contribution in [3.8, 4) is 0 Å². The molecule has 2 aliphatic carbocycles. The number of nitrogens with zero attached hydrogens (tertiary/aromatic N) is 5. The smallest absolute Gasteiger partial charge is 0.262 e. The van der Waals surface area contributed by atoms with Gasteiger partial charge in [-0.3, -0.25) is 9.48 Å². The number of fused-ring (bicyclic) bond motifs is 1. The first-order valence-corrected chi connectivity index (χ1v) is 9.83. The van der Waals surface area contributed by atoms with Crippen LogP contribution < -0.4 is 5.56 Å². The Morgan fingerprint density at radius 3 is 2.62 bits per heavy atom. The monoisotopic (exact) mass is 424 g/mol. The van der Waals surface area contributed by atoms with Crippen molar-refractivity contribution >= 4 is 23.4 Å². The molecule has 3 heterocycles. The van der Waals surface area contributed by atoms with Gasteiger partial charge in [0.25, 0.3) is 5.56 Å². The molecular weight excluding hydrogens is 402 g/mol. The topological polar surface area (TPSA) is 81.4 Å². The van der Waals surface area contributed by atoms with Gasteiger partial charge in [0.05, 0.1) is 12.2 Å². The van der Waals surface area contributed by atoms with Gasteiger partial charge in [0.2, 0.25) is 5.92 Å². The average Bonchev–Trinajstić information content (AvgIpc) is 3.29. The standard InChI is InChI=1S/C19H22F2N6O.ClH/c20-19(21)6-4-13(5-7-19)27-17-15(10-23-27)18(28)25-16(24-17)14-3-2-12(14)11-26-9-1-8-22-26;/h1,8-10,12-14H,2-7,11H2,(H,24,25,28);1H/t12-,14+;/m0./s1. The van der Waals surface area contributed by atoms with E-state index >= 15 is 0 Å². The maximum atomic E-state index is 13.5. The summed E-state index contributed by atoms with van der Waals surface area (Å²) in [5, 5.41) is 9.01. The molecule has 0 radical (unpaired) electrons. The summed E-state index contributed by atoms with van der Waals surface area (Å²) in [5.41, 5.74) is 0.302. The number of rotatable bonds is 4. The molecule has 0 aromatic carbocycles. The Hall–Kier alpha value is -2.29. The van der Waals surface area contributed by atoms with Crippen LogP contribution in [-0.4, -0.2) is 35.5 Å². The number of hydrogen-bond acceptors (Lipinski definition) is 4. The molecule has 5 rings (SSSR count). The van der Waals surface area contributed by atoms with Gasteiger partial charge in [-0.1, -0.05) is 0 Å². The minimum atomic E-state index is -2.60. The van der Waals surface area contributed by atoms with E-state index in [0.29, 0.717) is 35.6 Å². The number of alkyl halides is 2. The van der Waals surface area contributed by atoms with Crippen molar-refractivity contribution in [2.75, 3.05) is 0 Å². The lowest BCUT2D eigenvalue weighted by molar-refractivity contribution is -0.0446. The van der Waals surface area contributed by atoms with Crippen LogP contribution in [-0.2, 0) is 6.54 Å². The van der Waals surface area contributed by atoms with Gasteiger partial charge < -0.3 is 4.98 Å². The van der Waals surface area contributed by atoms with Gasteiger partial charge in [-0.15, -0.1) is 12.4 Å². The quantitative estimate of drug-likeness (QED) is 0.692. The fraction of sp³-hybridized carbons (Fsp3) is 0.579. The maximum absolute atomic E-state index is 13.5. The van der Waals surface area contributed by atoms with Crippen molar-refractivity contribution < 1.29 is 8.78 Å². The van der Waals surface area contributed by atoms with E-state index in [9.17, 15) is 13.6 Å². The first-order valence-electron chi connectivity index (χ1n) is 9.83. The minimum Gasteiger partial charge on any atom is -0.310 e. The molecule has 0 amide bonds. The fourth-order valence-corrected chi connectivity index (χ4v) is 4.46. The van der Waals surface area contributed by atoms with Crippen molar-refractivity contribution in [2.24, 2.45) is 5.92 Å². The Labute approximate surface area is 171 Å². The Bertz CT molecular complexity index is 1040. The molecule has 2 fully saturated rings. The molecule has 3 aromatic rings. The zero-order valence-electron chi connectivity index (χ0n) is 15.8. The molecule has 0 bridgehead atoms. The summed E-state index contributed by atoms with van der Waals surface area (Å²) in [4.78, 5) is 20.2. The number of hydrogen-bond donors (Lipinski definition) is 1. The molecular formula is C19H23ClF2N6O. The highest BCUT2D eigenvalue weighted by molar-refractivity contribution is 5.85. The number of H-pyrrole nitrogens is 1. The molecule has 0 unspecified atom stereocenters. The molecule has 0 aliphatic heterocycles. The van der Waals surface area contributed by atoms with Crippen LogP contribution >= 0.6 is 12.4 Å². The first-order chi connectivity index (χ1) is 13.5. The third-order valence-electron chi connectivity index (χ3n) is 6.26. The number of nitrogens with one attached hydrogen (secondary N) is 1. The van der Waals surface area contributed by atoms with Crippen molar-refractivity contribution in [3.05, 3.63) is 40.8 Å². The van der Waals surface area contributed by atoms with Gasteiger partial charge in [-0.25, -0.2) is 18.4 Å². The molecule has 29 heavy (non-hydrogen) atoms. The van der Waals surface area contributed by atoms with Crippen LogP contribution in [0.3, 0.4) is 0 Å². The van der Waals surface area contributed by atoms with E-state index in [4.69, 9.17) is 4.98 Å². The fourth-order valence-electron chi connectivity index (χ4n) is 4.46. The van der Waals surface area contributed by atoms with Crippen LogP contribution in [0.4, 0.5) is 8.78 Å². The van der Waals surface area contributed by atoms with E-state index in [1.807, 2.05) is 16.9 Å². The van der Waals surface area contributed by atoms with Crippen molar-refractivity contribution in [2.45, 2.75) is 63.0 Å². The summed E-state index contributed by atoms with van der Waals surface area (Å²) < 4.78 is 30.6.